The lowest BCUT2D eigenvalue weighted by molar-refractivity contribution is -0.137. The van der Waals surface area contributed by atoms with E-state index in [2.05, 4.69) is 5.32 Å². The second-order valence-corrected chi connectivity index (χ2v) is 3.48. The molecule has 0 aliphatic carbocycles. The Morgan fingerprint density at radius 3 is 2.47 bits per heavy atom. The molecule has 0 saturated carbocycles. The molecular formula is C12H10F3NO. The molecule has 1 aromatic carbocycles. The Hall–Kier alpha value is -1.91. The number of furan rings is 1. The summed E-state index contributed by atoms with van der Waals surface area (Å²) in [6.07, 6.45) is -2.88. The van der Waals surface area contributed by atoms with Gasteiger partial charge in [-0.1, -0.05) is 12.1 Å². The van der Waals surface area contributed by atoms with Gasteiger partial charge in [0.05, 0.1) is 18.4 Å². The fourth-order valence-corrected chi connectivity index (χ4v) is 1.48. The van der Waals surface area contributed by atoms with Gasteiger partial charge in [0.1, 0.15) is 5.76 Å². The molecule has 1 aromatic heterocycles. The number of rotatable bonds is 3. The van der Waals surface area contributed by atoms with E-state index < -0.39 is 11.7 Å². The number of alkyl halides is 3. The molecule has 0 atom stereocenters. The molecule has 1 N–H and O–H groups in total. The van der Waals surface area contributed by atoms with Gasteiger partial charge in [-0.3, -0.25) is 0 Å². The molecule has 0 aliphatic rings. The van der Waals surface area contributed by atoms with Crippen molar-refractivity contribution in [3.8, 4) is 0 Å². The molecule has 17 heavy (non-hydrogen) atoms. The van der Waals surface area contributed by atoms with E-state index in [1.54, 1.807) is 18.2 Å². The van der Waals surface area contributed by atoms with Crippen molar-refractivity contribution in [1.29, 1.82) is 0 Å². The quantitative estimate of drug-likeness (QED) is 0.881. The molecule has 90 valence electrons. The minimum absolute atomic E-state index is 0.0522. The summed E-state index contributed by atoms with van der Waals surface area (Å²) in [7, 11) is 0. The van der Waals surface area contributed by atoms with Crippen LogP contribution in [0.5, 0.6) is 0 Å². The van der Waals surface area contributed by atoms with Gasteiger partial charge in [-0.05, 0) is 24.3 Å². The van der Waals surface area contributed by atoms with Crippen molar-refractivity contribution in [2.45, 2.75) is 12.7 Å². The SMILES string of the molecule is FC(F)(F)c1ccccc1NCc1ccco1. The maximum Gasteiger partial charge on any atom is 0.418 e. The lowest BCUT2D eigenvalue weighted by Gasteiger charge is -2.13. The average molecular weight is 241 g/mol. The van der Waals surface area contributed by atoms with Crippen LogP contribution in [0.1, 0.15) is 11.3 Å². The van der Waals surface area contributed by atoms with Gasteiger partial charge in [0.15, 0.2) is 0 Å². The van der Waals surface area contributed by atoms with Crippen molar-refractivity contribution in [2.75, 3.05) is 5.32 Å². The van der Waals surface area contributed by atoms with Crippen LogP contribution in [-0.4, -0.2) is 0 Å². The largest absolute Gasteiger partial charge is 0.467 e. The van der Waals surface area contributed by atoms with E-state index in [9.17, 15) is 13.2 Å². The maximum atomic E-state index is 12.7. The molecule has 5 heteroatoms. The fraction of sp³-hybridized carbons (Fsp3) is 0.167. The van der Waals surface area contributed by atoms with Crippen molar-refractivity contribution in [3.63, 3.8) is 0 Å². The maximum absolute atomic E-state index is 12.7. The summed E-state index contributed by atoms with van der Waals surface area (Å²) in [6, 6.07) is 8.74. The van der Waals surface area contributed by atoms with Gasteiger partial charge < -0.3 is 9.73 Å². The normalized spacial score (nSPS) is 11.5. The third-order valence-electron chi connectivity index (χ3n) is 2.27. The number of benzene rings is 1. The molecule has 1 heterocycles. The standard InChI is InChI=1S/C12H10F3NO/c13-12(14,15)10-5-1-2-6-11(10)16-8-9-4-3-7-17-9/h1-7,16H,8H2. The smallest absolute Gasteiger partial charge is 0.418 e. The van der Waals surface area contributed by atoms with Crippen LogP contribution in [-0.2, 0) is 12.7 Å². The molecular weight excluding hydrogens is 231 g/mol. The molecule has 2 aromatic rings. The third kappa shape index (κ3) is 2.81. The Bertz CT molecular complexity index is 477. The Labute approximate surface area is 96.1 Å². The van der Waals surface area contributed by atoms with E-state index in [0.717, 1.165) is 6.07 Å². The topological polar surface area (TPSA) is 25.2 Å². The number of hydrogen-bond donors (Lipinski definition) is 1. The molecule has 0 unspecified atom stereocenters. The predicted molar refractivity (Wildman–Crippen MR) is 57.5 cm³/mol. The van der Waals surface area contributed by atoms with Crippen molar-refractivity contribution < 1.29 is 17.6 Å². The van der Waals surface area contributed by atoms with Gasteiger partial charge in [0, 0.05) is 5.69 Å². The summed E-state index contributed by atoms with van der Waals surface area (Å²) >= 11 is 0. The average Bonchev–Trinajstić information content (AvgIpc) is 2.78. The van der Waals surface area contributed by atoms with Crippen LogP contribution in [0.15, 0.2) is 47.1 Å². The van der Waals surface area contributed by atoms with Crippen LogP contribution in [0.3, 0.4) is 0 Å². The summed E-state index contributed by atoms with van der Waals surface area (Å²) in [5, 5.41) is 2.71. The Kier molecular flexibility index (Phi) is 3.08. The molecule has 2 rings (SSSR count). The first-order valence-electron chi connectivity index (χ1n) is 5.00. The second-order valence-electron chi connectivity index (χ2n) is 3.48. The first-order chi connectivity index (χ1) is 8.07. The Balaban J connectivity index is 2.16. The first-order valence-corrected chi connectivity index (χ1v) is 5.00. The van der Waals surface area contributed by atoms with Crippen molar-refractivity contribution in [3.05, 3.63) is 54.0 Å². The van der Waals surface area contributed by atoms with E-state index >= 15 is 0 Å². The second kappa shape index (κ2) is 4.53. The highest BCUT2D eigenvalue weighted by Crippen LogP contribution is 2.34. The van der Waals surface area contributed by atoms with Crippen molar-refractivity contribution in [2.24, 2.45) is 0 Å². The van der Waals surface area contributed by atoms with E-state index in [1.165, 1.54) is 18.4 Å². The number of halogens is 3. The van der Waals surface area contributed by atoms with Gasteiger partial charge in [0.2, 0.25) is 0 Å². The fourth-order valence-electron chi connectivity index (χ4n) is 1.48. The third-order valence-corrected chi connectivity index (χ3v) is 2.27. The zero-order valence-electron chi connectivity index (χ0n) is 8.79. The van der Waals surface area contributed by atoms with E-state index in [0.29, 0.717) is 5.76 Å². The summed E-state index contributed by atoms with van der Waals surface area (Å²) in [4.78, 5) is 0. The number of hydrogen-bond acceptors (Lipinski definition) is 2. The lowest BCUT2D eigenvalue weighted by atomic mass is 10.1. The summed E-state index contributed by atoms with van der Waals surface area (Å²) < 4.78 is 43.0. The van der Waals surface area contributed by atoms with Gasteiger partial charge in [-0.2, -0.15) is 13.2 Å². The van der Waals surface area contributed by atoms with Crippen LogP contribution in [0.4, 0.5) is 18.9 Å². The number of nitrogens with one attached hydrogen (secondary N) is 1. The predicted octanol–water partition coefficient (Wildman–Crippen LogP) is 3.91. The molecule has 0 spiro atoms. The zero-order chi connectivity index (χ0) is 12.3. The van der Waals surface area contributed by atoms with E-state index in [1.807, 2.05) is 0 Å². The van der Waals surface area contributed by atoms with Gasteiger partial charge in [0.25, 0.3) is 0 Å². The molecule has 0 amide bonds. The first kappa shape index (κ1) is 11.6. The van der Waals surface area contributed by atoms with Crippen LogP contribution in [0.25, 0.3) is 0 Å². The van der Waals surface area contributed by atoms with Gasteiger partial charge in [-0.25, -0.2) is 0 Å². The van der Waals surface area contributed by atoms with Crippen LogP contribution < -0.4 is 5.32 Å². The van der Waals surface area contributed by atoms with Gasteiger partial charge in [-0.15, -0.1) is 0 Å². The van der Waals surface area contributed by atoms with Crippen LogP contribution in [0, 0.1) is 0 Å². The van der Waals surface area contributed by atoms with Crippen LogP contribution >= 0.6 is 0 Å². The lowest BCUT2D eigenvalue weighted by Crippen LogP contribution is -2.10. The van der Waals surface area contributed by atoms with Gasteiger partial charge >= 0.3 is 6.18 Å². The highest BCUT2D eigenvalue weighted by molar-refractivity contribution is 5.52. The minimum Gasteiger partial charge on any atom is -0.467 e. The highest BCUT2D eigenvalue weighted by Gasteiger charge is 2.33. The number of para-hydroxylation sites is 1. The monoisotopic (exact) mass is 241 g/mol. The summed E-state index contributed by atoms with van der Waals surface area (Å²) in [5.41, 5.74) is -0.622. The van der Waals surface area contributed by atoms with Crippen molar-refractivity contribution in [1.82, 2.24) is 0 Å². The molecule has 2 nitrogen and oxygen atoms in total. The minimum atomic E-state index is -4.35. The summed E-state index contributed by atoms with van der Waals surface area (Å²) in [6.45, 7) is 0.222. The molecule has 0 saturated heterocycles. The molecule has 0 fully saturated rings. The summed E-state index contributed by atoms with van der Waals surface area (Å²) in [5.74, 6) is 0.585. The van der Waals surface area contributed by atoms with Crippen molar-refractivity contribution >= 4 is 5.69 Å². The Morgan fingerprint density at radius 1 is 1.06 bits per heavy atom. The highest BCUT2D eigenvalue weighted by atomic mass is 19.4. The van der Waals surface area contributed by atoms with E-state index in [4.69, 9.17) is 4.42 Å². The van der Waals surface area contributed by atoms with E-state index in [-0.39, 0.29) is 12.2 Å². The van der Waals surface area contributed by atoms with Crippen LogP contribution in [0.2, 0.25) is 0 Å². The zero-order valence-corrected chi connectivity index (χ0v) is 8.79. The molecule has 0 aliphatic heterocycles. The molecule has 0 bridgehead atoms. The number of anilines is 1. The Morgan fingerprint density at radius 2 is 1.82 bits per heavy atom. The molecule has 0 radical (unpaired) electrons.